The molecule has 0 spiro atoms. The fraction of sp³-hybridized carbons (Fsp3) is 0.286. The number of amides is 1. The first kappa shape index (κ1) is 17.9. The first-order valence-corrected chi connectivity index (χ1v) is 9.91. The molecule has 0 aliphatic heterocycles. The van der Waals surface area contributed by atoms with Crippen LogP contribution in [-0.4, -0.2) is 15.7 Å². The molecule has 27 heavy (non-hydrogen) atoms. The number of rotatable bonds is 5. The number of nitrogens with one attached hydrogen (secondary N) is 1. The molecule has 4 rings (SSSR count). The van der Waals surface area contributed by atoms with Crippen molar-refractivity contribution in [1.29, 1.82) is 0 Å². The highest BCUT2D eigenvalue weighted by Crippen LogP contribution is 2.38. The van der Waals surface area contributed by atoms with E-state index in [1.807, 2.05) is 42.5 Å². The second kappa shape index (κ2) is 7.64. The number of carbonyl (C=O) groups excluding carboxylic acids is 1. The standard InChI is InChI=1S/C21H20BrN3O2/c22-17-10-8-15(9-11-17)20(14-5-3-6-14)24-19(26)13-25-21(27)18-7-2-1-4-16(18)12-23-25/h1-2,4,7-12,14,20H,3,5-6,13H2,(H,24,26). The molecule has 5 nitrogen and oxygen atoms in total. The minimum atomic E-state index is -0.243. The predicted molar refractivity (Wildman–Crippen MR) is 108 cm³/mol. The zero-order valence-electron chi connectivity index (χ0n) is 14.8. The molecular formula is C21H20BrN3O2. The Morgan fingerprint density at radius 2 is 1.93 bits per heavy atom. The van der Waals surface area contributed by atoms with E-state index in [0.717, 1.165) is 28.3 Å². The molecular weight excluding hydrogens is 406 g/mol. The van der Waals surface area contributed by atoms with Gasteiger partial charge in [0, 0.05) is 9.86 Å². The van der Waals surface area contributed by atoms with Gasteiger partial charge in [-0.1, -0.05) is 52.7 Å². The molecule has 2 aromatic carbocycles. The second-order valence-electron chi connectivity index (χ2n) is 6.98. The first-order valence-electron chi connectivity index (χ1n) is 9.11. The van der Waals surface area contributed by atoms with Crippen molar-refractivity contribution in [2.24, 2.45) is 5.92 Å². The zero-order chi connectivity index (χ0) is 18.8. The van der Waals surface area contributed by atoms with Gasteiger partial charge in [0.15, 0.2) is 0 Å². The van der Waals surface area contributed by atoms with Crippen LogP contribution in [0.25, 0.3) is 10.8 Å². The third-order valence-corrected chi connectivity index (χ3v) is 5.75. The quantitative estimate of drug-likeness (QED) is 0.675. The molecule has 0 bridgehead atoms. The average molecular weight is 426 g/mol. The Morgan fingerprint density at radius 3 is 2.63 bits per heavy atom. The van der Waals surface area contributed by atoms with Crippen LogP contribution >= 0.6 is 15.9 Å². The van der Waals surface area contributed by atoms with Crippen LogP contribution in [0.5, 0.6) is 0 Å². The van der Waals surface area contributed by atoms with Crippen molar-refractivity contribution in [2.75, 3.05) is 0 Å². The van der Waals surface area contributed by atoms with Crippen LogP contribution in [0.15, 0.2) is 64.0 Å². The van der Waals surface area contributed by atoms with Crippen molar-refractivity contribution in [2.45, 2.75) is 31.8 Å². The molecule has 1 atom stereocenters. The predicted octanol–water partition coefficient (Wildman–Crippen LogP) is 3.82. The Balaban J connectivity index is 1.54. The van der Waals surface area contributed by atoms with E-state index in [9.17, 15) is 9.59 Å². The van der Waals surface area contributed by atoms with Gasteiger partial charge >= 0.3 is 0 Å². The van der Waals surface area contributed by atoms with Crippen molar-refractivity contribution in [3.8, 4) is 0 Å². The third-order valence-electron chi connectivity index (χ3n) is 5.22. The zero-order valence-corrected chi connectivity index (χ0v) is 16.4. The van der Waals surface area contributed by atoms with Gasteiger partial charge in [0.05, 0.1) is 17.6 Å². The van der Waals surface area contributed by atoms with Crippen molar-refractivity contribution >= 4 is 32.6 Å². The summed E-state index contributed by atoms with van der Waals surface area (Å²) in [5.41, 5.74) is 0.849. The highest BCUT2D eigenvalue weighted by atomic mass is 79.9. The summed E-state index contributed by atoms with van der Waals surface area (Å²) in [6.45, 7) is -0.0799. The van der Waals surface area contributed by atoms with Crippen LogP contribution in [0, 0.1) is 5.92 Å². The van der Waals surface area contributed by atoms with Crippen molar-refractivity contribution in [3.05, 3.63) is 75.1 Å². The van der Waals surface area contributed by atoms with Gasteiger partial charge in [-0.15, -0.1) is 0 Å². The van der Waals surface area contributed by atoms with Gasteiger partial charge in [-0.05, 0) is 42.5 Å². The maximum absolute atomic E-state index is 12.7. The lowest BCUT2D eigenvalue weighted by Crippen LogP contribution is -2.39. The Morgan fingerprint density at radius 1 is 1.19 bits per heavy atom. The summed E-state index contributed by atoms with van der Waals surface area (Å²) in [7, 11) is 0. The van der Waals surface area contributed by atoms with Gasteiger partial charge in [-0.3, -0.25) is 9.59 Å². The highest BCUT2D eigenvalue weighted by Gasteiger charge is 2.29. The Hall–Kier alpha value is -2.47. The number of nitrogens with zero attached hydrogens (tertiary/aromatic N) is 2. The lowest BCUT2D eigenvalue weighted by molar-refractivity contribution is -0.123. The number of aromatic nitrogens is 2. The maximum Gasteiger partial charge on any atom is 0.275 e. The van der Waals surface area contributed by atoms with Crippen LogP contribution in [0.3, 0.4) is 0 Å². The third kappa shape index (κ3) is 3.81. The van der Waals surface area contributed by atoms with Crippen molar-refractivity contribution in [1.82, 2.24) is 15.1 Å². The molecule has 0 saturated heterocycles. The molecule has 3 aromatic rings. The van der Waals surface area contributed by atoms with E-state index in [-0.39, 0.29) is 24.1 Å². The lowest BCUT2D eigenvalue weighted by Gasteiger charge is -2.34. The molecule has 0 radical (unpaired) electrons. The molecule has 6 heteroatoms. The Bertz CT molecular complexity index is 1030. The topological polar surface area (TPSA) is 64.0 Å². The molecule has 1 aliphatic carbocycles. The summed E-state index contributed by atoms with van der Waals surface area (Å²) in [5.74, 6) is 0.246. The first-order chi connectivity index (χ1) is 13.1. The average Bonchev–Trinajstić information content (AvgIpc) is 2.63. The fourth-order valence-corrected chi connectivity index (χ4v) is 3.78. The summed E-state index contributed by atoms with van der Waals surface area (Å²) in [4.78, 5) is 25.2. The molecule has 1 saturated carbocycles. The van der Waals surface area contributed by atoms with E-state index in [1.165, 1.54) is 11.1 Å². The number of benzene rings is 2. The number of hydrogen-bond acceptors (Lipinski definition) is 3. The number of halogens is 1. The Labute approximate surface area is 165 Å². The van der Waals surface area contributed by atoms with Crippen molar-refractivity contribution in [3.63, 3.8) is 0 Å². The van der Waals surface area contributed by atoms with Crippen LogP contribution < -0.4 is 10.9 Å². The van der Waals surface area contributed by atoms with E-state index in [0.29, 0.717) is 11.3 Å². The summed E-state index contributed by atoms with van der Waals surface area (Å²) in [6.07, 6.45) is 5.03. The fourth-order valence-electron chi connectivity index (χ4n) is 3.51. The van der Waals surface area contributed by atoms with Crippen LogP contribution in [0.2, 0.25) is 0 Å². The molecule has 1 heterocycles. The van der Waals surface area contributed by atoms with E-state index in [2.05, 4.69) is 26.3 Å². The summed E-state index contributed by atoms with van der Waals surface area (Å²) in [6, 6.07) is 15.3. The largest absolute Gasteiger partial charge is 0.347 e. The highest BCUT2D eigenvalue weighted by molar-refractivity contribution is 9.10. The molecule has 1 amide bonds. The molecule has 138 valence electrons. The van der Waals surface area contributed by atoms with Gasteiger partial charge in [0.1, 0.15) is 6.54 Å². The maximum atomic E-state index is 12.7. The lowest BCUT2D eigenvalue weighted by atomic mass is 9.77. The second-order valence-corrected chi connectivity index (χ2v) is 7.90. The summed E-state index contributed by atoms with van der Waals surface area (Å²) < 4.78 is 2.24. The summed E-state index contributed by atoms with van der Waals surface area (Å²) in [5, 5.41) is 8.63. The van der Waals surface area contributed by atoms with E-state index in [1.54, 1.807) is 12.3 Å². The molecule has 1 fully saturated rings. The molecule has 1 aromatic heterocycles. The smallest absolute Gasteiger partial charge is 0.275 e. The number of hydrogen-bond donors (Lipinski definition) is 1. The normalized spacial score (nSPS) is 15.3. The monoisotopic (exact) mass is 425 g/mol. The summed E-state index contributed by atoms with van der Waals surface area (Å²) >= 11 is 3.45. The van der Waals surface area contributed by atoms with Crippen LogP contribution in [0.1, 0.15) is 30.9 Å². The van der Waals surface area contributed by atoms with Gasteiger partial charge in [-0.2, -0.15) is 5.10 Å². The minimum absolute atomic E-state index is 0.0319. The van der Waals surface area contributed by atoms with Gasteiger partial charge in [0.25, 0.3) is 5.56 Å². The molecule has 1 aliphatic rings. The molecule has 1 unspecified atom stereocenters. The van der Waals surface area contributed by atoms with Gasteiger partial charge in [-0.25, -0.2) is 4.68 Å². The minimum Gasteiger partial charge on any atom is -0.347 e. The SMILES string of the molecule is O=C(Cn1ncc2ccccc2c1=O)NC(c1ccc(Br)cc1)C1CCC1. The molecule has 1 N–H and O–H groups in total. The van der Waals surface area contributed by atoms with Gasteiger partial charge in [0.2, 0.25) is 5.91 Å². The van der Waals surface area contributed by atoms with Gasteiger partial charge < -0.3 is 5.32 Å². The van der Waals surface area contributed by atoms with Crippen LogP contribution in [-0.2, 0) is 11.3 Å². The van der Waals surface area contributed by atoms with Crippen LogP contribution in [0.4, 0.5) is 0 Å². The number of fused-ring (bicyclic) bond motifs is 1. The Kier molecular flexibility index (Phi) is 5.07. The van der Waals surface area contributed by atoms with E-state index in [4.69, 9.17) is 0 Å². The number of carbonyl (C=O) groups is 1. The van der Waals surface area contributed by atoms with E-state index >= 15 is 0 Å². The van der Waals surface area contributed by atoms with E-state index < -0.39 is 0 Å². The van der Waals surface area contributed by atoms with Crippen molar-refractivity contribution < 1.29 is 4.79 Å².